The lowest BCUT2D eigenvalue weighted by atomic mass is 10.0. The molecule has 0 bridgehead atoms. The number of carbonyl (C=O) groups is 3. The first kappa shape index (κ1) is 31.7. The number of ketones is 1. The van der Waals surface area contributed by atoms with Crippen molar-refractivity contribution in [3.8, 4) is 5.75 Å². The third-order valence-electron chi connectivity index (χ3n) is 7.50. The van der Waals surface area contributed by atoms with Crippen molar-refractivity contribution in [3.05, 3.63) is 65.1 Å². The Hall–Kier alpha value is -4.25. The van der Waals surface area contributed by atoms with Crippen LogP contribution in [0.4, 0.5) is 4.39 Å². The first-order valence-corrected chi connectivity index (χ1v) is 14.2. The smallest absolute Gasteiger partial charge is 0.294 e. The fourth-order valence-corrected chi connectivity index (χ4v) is 5.28. The van der Waals surface area contributed by atoms with Gasteiger partial charge in [-0.25, -0.2) is 4.39 Å². The monoisotopic (exact) mass is 593 g/mol. The molecule has 4 rings (SSSR count). The number of hydrogen-bond acceptors (Lipinski definition) is 7. The van der Waals surface area contributed by atoms with Gasteiger partial charge in [0, 0.05) is 63.5 Å². The number of benzene rings is 2. The molecular weight excluding hydrogens is 553 g/mol. The molecule has 0 unspecified atom stereocenters. The fraction of sp³-hybridized carbons (Fsp3) is 0.438. The van der Waals surface area contributed by atoms with E-state index in [2.05, 4.69) is 4.90 Å². The van der Waals surface area contributed by atoms with Gasteiger partial charge >= 0.3 is 0 Å². The Morgan fingerprint density at radius 2 is 1.67 bits per heavy atom. The zero-order valence-electron chi connectivity index (χ0n) is 26.0. The van der Waals surface area contributed by atoms with Crippen LogP contribution in [0.1, 0.15) is 60.9 Å². The van der Waals surface area contributed by atoms with E-state index in [9.17, 15) is 18.8 Å². The van der Waals surface area contributed by atoms with Crippen LogP contribution in [0.3, 0.4) is 0 Å². The molecular formula is C32H40FN5O5. The predicted molar refractivity (Wildman–Crippen MR) is 162 cm³/mol. The van der Waals surface area contributed by atoms with Gasteiger partial charge in [-0.2, -0.15) is 0 Å². The van der Waals surface area contributed by atoms with Crippen molar-refractivity contribution < 1.29 is 28.2 Å². The normalized spacial score (nSPS) is 17.6. The highest BCUT2D eigenvalue weighted by molar-refractivity contribution is 6.45. The second-order valence-electron chi connectivity index (χ2n) is 12.2. The molecule has 2 heterocycles. The molecule has 2 amide bonds. The van der Waals surface area contributed by atoms with Crippen molar-refractivity contribution in [2.24, 2.45) is 0 Å². The summed E-state index contributed by atoms with van der Waals surface area (Å²) in [5.74, 6) is -1.78. The second-order valence-corrected chi connectivity index (χ2v) is 12.2. The first-order chi connectivity index (χ1) is 20.1. The fourth-order valence-electron chi connectivity index (χ4n) is 5.28. The van der Waals surface area contributed by atoms with Crippen molar-refractivity contribution in [1.29, 1.82) is 5.41 Å². The predicted octanol–water partition coefficient (Wildman–Crippen LogP) is 4.39. The Labute approximate surface area is 251 Å². The van der Waals surface area contributed by atoms with Gasteiger partial charge in [-0.05, 0) is 58.4 Å². The molecule has 1 fully saturated rings. The summed E-state index contributed by atoms with van der Waals surface area (Å²) in [6, 6.07) is 9.21. The molecule has 1 aliphatic heterocycles. The third kappa shape index (κ3) is 6.72. The number of likely N-dealkylation sites (N-methyl/N-ethyl adjacent to an activating group) is 1. The summed E-state index contributed by atoms with van der Waals surface area (Å²) < 4.78 is 26.2. The van der Waals surface area contributed by atoms with Crippen LogP contribution in [0, 0.1) is 11.2 Å². The molecule has 230 valence electrons. The number of nitrogens with one attached hydrogen (secondary N) is 1. The molecule has 43 heavy (non-hydrogen) atoms. The molecule has 10 nitrogen and oxygen atoms in total. The number of fused-ring (bicyclic) bond motifs is 1. The van der Waals surface area contributed by atoms with Gasteiger partial charge in [-0.3, -0.25) is 29.3 Å². The van der Waals surface area contributed by atoms with Crippen LogP contribution in [0.15, 0.2) is 42.6 Å². The summed E-state index contributed by atoms with van der Waals surface area (Å²) in [6.45, 7) is 11.1. The topological polar surface area (TPSA) is 108 Å². The molecule has 2 atom stereocenters. The van der Waals surface area contributed by atoms with E-state index in [1.807, 2.05) is 13.8 Å². The number of aromatic nitrogens is 1. The van der Waals surface area contributed by atoms with Crippen LogP contribution < -0.4 is 4.74 Å². The summed E-state index contributed by atoms with van der Waals surface area (Å²) in [6.07, 6.45) is 1.40. The largest absolute Gasteiger partial charge is 0.496 e. The lowest BCUT2D eigenvalue weighted by molar-refractivity contribution is -0.124. The molecule has 1 saturated heterocycles. The molecule has 1 aliphatic rings. The molecule has 0 aliphatic carbocycles. The third-order valence-corrected chi connectivity index (χ3v) is 7.50. The van der Waals surface area contributed by atoms with Crippen LogP contribution in [0.5, 0.6) is 5.75 Å². The van der Waals surface area contributed by atoms with Crippen LogP contribution in [-0.4, -0.2) is 94.9 Å². The Kier molecular flexibility index (Phi) is 8.96. The minimum absolute atomic E-state index is 0.0193. The highest BCUT2D eigenvalue weighted by atomic mass is 19.1. The van der Waals surface area contributed by atoms with E-state index in [0.29, 0.717) is 30.5 Å². The van der Waals surface area contributed by atoms with Crippen molar-refractivity contribution in [1.82, 2.24) is 19.3 Å². The summed E-state index contributed by atoms with van der Waals surface area (Å²) >= 11 is 0. The van der Waals surface area contributed by atoms with Crippen molar-refractivity contribution >= 4 is 34.5 Å². The number of halogens is 1. The number of amides is 2. The van der Waals surface area contributed by atoms with E-state index >= 15 is 0 Å². The van der Waals surface area contributed by atoms with Crippen LogP contribution in [-0.2, 0) is 16.1 Å². The van der Waals surface area contributed by atoms with E-state index in [1.54, 1.807) is 49.9 Å². The van der Waals surface area contributed by atoms with Crippen LogP contribution in [0.2, 0.25) is 0 Å². The maximum absolute atomic E-state index is 14.1. The average Bonchev–Trinajstić information content (AvgIpc) is 3.31. The van der Waals surface area contributed by atoms with Gasteiger partial charge in [0.05, 0.1) is 23.8 Å². The van der Waals surface area contributed by atoms with Gasteiger partial charge < -0.3 is 19.3 Å². The molecule has 3 aromatic rings. The van der Waals surface area contributed by atoms with Gasteiger partial charge in [0.2, 0.25) is 0 Å². The molecule has 0 radical (unpaired) electrons. The van der Waals surface area contributed by atoms with Crippen LogP contribution in [0.25, 0.3) is 10.9 Å². The number of carbonyl (C=O) groups excluding carboxylic acids is 3. The second kappa shape index (κ2) is 12.2. The Morgan fingerprint density at radius 3 is 2.26 bits per heavy atom. The lowest BCUT2D eigenvalue weighted by Gasteiger charge is -2.44. The highest BCUT2D eigenvalue weighted by Crippen LogP contribution is 2.33. The maximum atomic E-state index is 14.1. The average molecular weight is 594 g/mol. The van der Waals surface area contributed by atoms with E-state index in [-0.39, 0.29) is 46.7 Å². The summed E-state index contributed by atoms with van der Waals surface area (Å²) in [7, 11) is 4.43. The zero-order valence-corrected chi connectivity index (χ0v) is 26.0. The standard InChI is InChI=1S/C32H40FN5O5/c1-19-16-37(20(2)15-36(19)17-21-9-11-22(33)12-10-21)29(40)24-13-23-25(28(39)30(41)35(6)7)18-38(26(23)14-27(24)42-8)31(34)43-32(3,4)5/h9-14,18-20,34H,15-17H2,1-8H3/t19-,20+/m0/s1. The van der Waals surface area contributed by atoms with Crippen molar-refractivity contribution in [2.45, 2.75) is 58.8 Å². The minimum Gasteiger partial charge on any atom is -0.496 e. The van der Waals surface area contributed by atoms with E-state index < -0.39 is 17.3 Å². The van der Waals surface area contributed by atoms with Crippen molar-refractivity contribution in [2.75, 3.05) is 34.3 Å². The molecule has 1 N–H and O–H groups in total. The van der Waals surface area contributed by atoms with Crippen LogP contribution >= 0.6 is 0 Å². The lowest BCUT2D eigenvalue weighted by Crippen LogP contribution is -2.57. The van der Waals surface area contributed by atoms with Gasteiger partial charge in [-0.1, -0.05) is 12.1 Å². The molecule has 0 saturated carbocycles. The van der Waals surface area contributed by atoms with Gasteiger partial charge in [0.1, 0.15) is 17.2 Å². The summed E-state index contributed by atoms with van der Waals surface area (Å²) in [5, 5.41) is 8.93. The number of ether oxygens (including phenoxy) is 2. The minimum atomic E-state index is -0.766. The molecule has 11 heteroatoms. The highest BCUT2D eigenvalue weighted by Gasteiger charge is 2.35. The molecule has 1 aromatic heterocycles. The van der Waals surface area contributed by atoms with E-state index in [0.717, 1.165) is 5.56 Å². The van der Waals surface area contributed by atoms with Gasteiger partial charge in [-0.15, -0.1) is 0 Å². The summed E-state index contributed by atoms with van der Waals surface area (Å²) in [5.41, 5.74) is 0.986. The number of piperazine rings is 1. The van der Waals surface area contributed by atoms with E-state index in [4.69, 9.17) is 14.9 Å². The Morgan fingerprint density at radius 1 is 1.02 bits per heavy atom. The molecule has 0 spiro atoms. The van der Waals surface area contributed by atoms with Gasteiger partial charge in [0.25, 0.3) is 23.6 Å². The van der Waals surface area contributed by atoms with E-state index in [1.165, 1.54) is 49.0 Å². The maximum Gasteiger partial charge on any atom is 0.294 e. The SMILES string of the molecule is COc1cc2c(cc1C(=O)N1C[C@H](C)N(Cc3ccc(F)cc3)C[C@H]1C)c(C(=O)C(=O)N(C)C)cn2C(=N)OC(C)(C)C. The number of Topliss-reactive ketones (excluding diaryl/α,β-unsaturated/α-hetero) is 1. The Bertz CT molecular complexity index is 1560. The number of methoxy groups -OCH3 is 1. The Balaban J connectivity index is 1.72. The zero-order chi connectivity index (χ0) is 31.8. The number of hydrogen-bond donors (Lipinski definition) is 1. The van der Waals surface area contributed by atoms with Gasteiger partial charge in [0.15, 0.2) is 0 Å². The number of nitrogens with zero attached hydrogens (tertiary/aromatic N) is 4. The quantitative estimate of drug-likeness (QED) is 0.197. The first-order valence-electron chi connectivity index (χ1n) is 14.2. The van der Waals surface area contributed by atoms with Crippen molar-refractivity contribution in [3.63, 3.8) is 0 Å². The molecule has 2 aromatic carbocycles. The number of rotatable bonds is 6. The summed E-state index contributed by atoms with van der Waals surface area (Å²) in [4.78, 5) is 45.3.